The fourth-order valence-corrected chi connectivity index (χ4v) is 6.07. The first-order valence-electron chi connectivity index (χ1n) is 12.3. The van der Waals surface area contributed by atoms with Gasteiger partial charge in [0.2, 0.25) is 11.6 Å². The number of carbonyl (C=O) groups is 3. The number of alkyl halides is 3. The molecule has 15 heteroatoms. The second-order valence-corrected chi connectivity index (χ2v) is 11.7. The van der Waals surface area contributed by atoms with Gasteiger partial charge in [0, 0.05) is 24.2 Å². The Morgan fingerprint density at radius 3 is 2.45 bits per heavy atom. The quantitative estimate of drug-likeness (QED) is 0.521. The van der Waals surface area contributed by atoms with Crippen LogP contribution in [0.4, 0.5) is 28.4 Å². The zero-order chi connectivity index (χ0) is 31.1. The fourth-order valence-electron chi connectivity index (χ4n) is 5.12. The minimum atomic E-state index is -4.77. The standard InChI is InChI=1S/C27H23F3N6O5S/c1-15-22(33-2)23(19-10-9-16(14-31)12-21(19)42(3,40)41)36(25(38)34-11-5-8-20(34)24(32)37)26(39)35(15)18-7-4-6-17(13-18)27(28,29)30/h4,6-7,9-10,12-13,20,23H,5,8,11H2,1,3H3,(H2,32,37)/t20-,23+/m0/s1. The van der Waals surface area contributed by atoms with Crippen LogP contribution in [0.3, 0.4) is 0 Å². The van der Waals surface area contributed by atoms with Gasteiger partial charge in [-0.15, -0.1) is 0 Å². The Hall–Kier alpha value is -4.89. The van der Waals surface area contributed by atoms with Gasteiger partial charge in [0.05, 0.1) is 28.7 Å². The SMILES string of the molecule is [C-]#[N+]C1=C(C)N(c2cccc(C(F)(F)F)c2)C(=O)N(C(=O)N2CCC[C@H]2C(N)=O)[C@@H]1c1ccc(C#N)cc1S(C)(=O)=O. The molecular weight excluding hydrogens is 577 g/mol. The van der Waals surface area contributed by atoms with Crippen molar-refractivity contribution in [3.8, 4) is 6.07 Å². The van der Waals surface area contributed by atoms with Crippen molar-refractivity contribution >= 4 is 33.5 Å². The number of benzene rings is 2. The van der Waals surface area contributed by atoms with E-state index in [0.717, 1.165) is 34.3 Å². The van der Waals surface area contributed by atoms with Crippen LogP contribution in [0.1, 0.15) is 42.5 Å². The molecule has 0 radical (unpaired) electrons. The van der Waals surface area contributed by atoms with Crippen molar-refractivity contribution in [3.63, 3.8) is 0 Å². The second kappa shape index (κ2) is 10.8. The lowest BCUT2D eigenvalue weighted by Crippen LogP contribution is -2.58. The van der Waals surface area contributed by atoms with Crippen LogP contribution in [0.5, 0.6) is 0 Å². The number of urea groups is 2. The molecule has 42 heavy (non-hydrogen) atoms. The molecule has 2 aromatic rings. The monoisotopic (exact) mass is 600 g/mol. The number of amides is 5. The predicted molar refractivity (Wildman–Crippen MR) is 142 cm³/mol. The summed E-state index contributed by atoms with van der Waals surface area (Å²) in [6, 6.07) is 3.93. The molecular formula is C27H23F3N6O5S. The number of halogens is 3. The number of hydrogen-bond acceptors (Lipinski definition) is 6. The first-order chi connectivity index (χ1) is 19.6. The molecule has 0 saturated carbocycles. The van der Waals surface area contributed by atoms with Gasteiger partial charge in [-0.25, -0.2) is 27.8 Å². The van der Waals surface area contributed by atoms with Gasteiger partial charge in [-0.2, -0.15) is 18.4 Å². The van der Waals surface area contributed by atoms with Crippen LogP contribution in [0.2, 0.25) is 0 Å². The number of hydrogen-bond donors (Lipinski definition) is 1. The number of sulfone groups is 1. The van der Waals surface area contributed by atoms with E-state index in [1.54, 1.807) is 0 Å². The van der Waals surface area contributed by atoms with Gasteiger partial charge in [0.25, 0.3) is 0 Å². The van der Waals surface area contributed by atoms with E-state index in [0.29, 0.717) is 17.4 Å². The van der Waals surface area contributed by atoms with Gasteiger partial charge in [0.1, 0.15) is 12.1 Å². The van der Waals surface area contributed by atoms with Gasteiger partial charge in [-0.1, -0.05) is 12.1 Å². The van der Waals surface area contributed by atoms with E-state index in [2.05, 4.69) is 4.85 Å². The number of nitrogens with zero attached hydrogens (tertiary/aromatic N) is 5. The molecule has 2 aromatic carbocycles. The molecule has 1 fully saturated rings. The van der Waals surface area contributed by atoms with E-state index in [1.165, 1.54) is 25.1 Å². The number of likely N-dealkylation sites (tertiary alicyclic amines) is 1. The molecule has 2 N–H and O–H groups in total. The van der Waals surface area contributed by atoms with E-state index in [-0.39, 0.29) is 41.2 Å². The molecule has 2 aliphatic heterocycles. The Morgan fingerprint density at radius 2 is 1.88 bits per heavy atom. The third kappa shape index (κ3) is 5.26. The lowest BCUT2D eigenvalue weighted by molar-refractivity contribution is -0.137. The number of allylic oxidation sites excluding steroid dienone is 1. The average molecular weight is 601 g/mol. The highest BCUT2D eigenvalue weighted by Gasteiger charge is 2.48. The van der Waals surface area contributed by atoms with Crippen LogP contribution >= 0.6 is 0 Å². The average Bonchev–Trinajstić information content (AvgIpc) is 3.42. The molecule has 0 spiro atoms. The zero-order valence-corrected chi connectivity index (χ0v) is 23.0. The van der Waals surface area contributed by atoms with E-state index >= 15 is 0 Å². The van der Waals surface area contributed by atoms with Gasteiger partial charge < -0.3 is 10.6 Å². The first kappa shape index (κ1) is 30.1. The Morgan fingerprint density at radius 1 is 1.19 bits per heavy atom. The van der Waals surface area contributed by atoms with Crippen molar-refractivity contribution < 1.29 is 36.0 Å². The molecule has 0 aromatic heterocycles. The lowest BCUT2D eigenvalue weighted by Gasteiger charge is -2.42. The number of rotatable bonds is 4. The van der Waals surface area contributed by atoms with E-state index in [9.17, 15) is 41.2 Å². The second-order valence-electron chi connectivity index (χ2n) is 9.69. The number of carbonyl (C=O) groups excluding carboxylic acids is 3. The molecule has 4 rings (SSSR count). The topological polar surface area (TPSA) is 149 Å². The summed E-state index contributed by atoms with van der Waals surface area (Å²) in [6.07, 6.45) is -3.40. The van der Waals surface area contributed by atoms with Gasteiger partial charge >= 0.3 is 18.2 Å². The van der Waals surface area contributed by atoms with Crippen molar-refractivity contribution in [2.24, 2.45) is 5.73 Å². The summed E-state index contributed by atoms with van der Waals surface area (Å²) in [5.41, 5.74) is 3.34. The molecule has 0 unspecified atom stereocenters. The highest BCUT2D eigenvalue weighted by molar-refractivity contribution is 7.90. The normalized spacial score (nSPS) is 19.5. The summed E-state index contributed by atoms with van der Waals surface area (Å²) in [5, 5.41) is 9.36. The van der Waals surface area contributed by atoms with Crippen molar-refractivity contribution in [1.29, 1.82) is 5.26 Å². The summed E-state index contributed by atoms with van der Waals surface area (Å²) < 4.78 is 66.3. The van der Waals surface area contributed by atoms with Gasteiger partial charge in [-0.3, -0.25) is 9.69 Å². The molecule has 1 saturated heterocycles. The maximum atomic E-state index is 14.2. The molecule has 11 nitrogen and oxygen atoms in total. The Balaban J connectivity index is 2.03. The van der Waals surface area contributed by atoms with Crippen LogP contribution in [-0.4, -0.2) is 55.0 Å². The Bertz CT molecular complexity index is 1720. The van der Waals surface area contributed by atoms with Crippen molar-refractivity contribution in [2.75, 3.05) is 17.7 Å². The van der Waals surface area contributed by atoms with E-state index in [4.69, 9.17) is 12.3 Å². The number of imide groups is 1. The molecule has 2 atom stereocenters. The van der Waals surface area contributed by atoms with E-state index < -0.39 is 56.5 Å². The Labute approximate surface area is 238 Å². The molecule has 0 bridgehead atoms. The molecule has 0 aliphatic carbocycles. The Kier molecular flexibility index (Phi) is 7.76. The first-order valence-corrected chi connectivity index (χ1v) is 14.2. The van der Waals surface area contributed by atoms with Crippen molar-refractivity contribution in [2.45, 2.75) is 42.9 Å². The number of nitrogens with two attached hydrogens (primary N) is 1. The van der Waals surface area contributed by atoms with Gasteiger partial charge in [-0.05, 0) is 55.7 Å². The number of primary amides is 1. The molecule has 5 amide bonds. The van der Waals surface area contributed by atoms with Crippen molar-refractivity contribution in [3.05, 3.63) is 82.0 Å². The van der Waals surface area contributed by atoms with Crippen LogP contribution in [-0.2, 0) is 20.8 Å². The minimum absolute atomic E-state index is 0.00511. The maximum absolute atomic E-state index is 14.2. The summed E-state index contributed by atoms with van der Waals surface area (Å²) in [7, 11) is -4.11. The summed E-state index contributed by atoms with van der Waals surface area (Å²) >= 11 is 0. The van der Waals surface area contributed by atoms with Crippen LogP contribution in [0.25, 0.3) is 4.85 Å². The maximum Gasteiger partial charge on any atom is 0.416 e. The van der Waals surface area contributed by atoms with Crippen LogP contribution in [0.15, 0.2) is 58.8 Å². The largest absolute Gasteiger partial charge is 0.416 e. The molecule has 2 heterocycles. The molecule has 2 aliphatic rings. The summed E-state index contributed by atoms with van der Waals surface area (Å²) in [5.74, 6) is -0.857. The third-order valence-corrected chi connectivity index (χ3v) is 8.20. The predicted octanol–water partition coefficient (Wildman–Crippen LogP) is 4.18. The lowest BCUT2D eigenvalue weighted by atomic mass is 9.97. The van der Waals surface area contributed by atoms with E-state index in [1.807, 2.05) is 6.07 Å². The third-order valence-electron chi connectivity index (χ3n) is 7.04. The number of nitriles is 1. The number of anilines is 1. The summed E-state index contributed by atoms with van der Waals surface area (Å²) in [4.78, 5) is 45.7. The summed E-state index contributed by atoms with van der Waals surface area (Å²) in [6.45, 7) is 9.22. The molecule has 218 valence electrons. The highest BCUT2D eigenvalue weighted by Crippen LogP contribution is 2.44. The van der Waals surface area contributed by atoms with Crippen molar-refractivity contribution in [1.82, 2.24) is 9.80 Å². The van der Waals surface area contributed by atoms with Crippen LogP contribution in [0, 0.1) is 17.9 Å². The minimum Gasteiger partial charge on any atom is -0.368 e. The van der Waals surface area contributed by atoms with Gasteiger partial charge in [0.15, 0.2) is 9.84 Å². The smallest absolute Gasteiger partial charge is 0.368 e. The highest BCUT2D eigenvalue weighted by atomic mass is 32.2. The van der Waals surface area contributed by atoms with Crippen LogP contribution < -0.4 is 10.6 Å². The zero-order valence-electron chi connectivity index (χ0n) is 22.2. The fraction of sp³-hybridized carbons (Fsp3) is 0.296.